The Morgan fingerprint density at radius 1 is 1.56 bits per heavy atom. The number of benzene rings is 1. The number of rotatable bonds is 4. The molecule has 0 aromatic heterocycles. The third-order valence-corrected chi connectivity index (χ3v) is 3.70. The van der Waals surface area contributed by atoms with Gasteiger partial charge in [-0.3, -0.25) is 0 Å². The minimum Gasteiger partial charge on any atom is -0.478 e. The van der Waals surface area contributed by atoms with Crippen molar-refractivity contribution in [1.29, 1.82) is 0 Å². The largest absolute Gasteiger partial charge is 0.478 e. The van der Waals surface area contributed by atoms with Crippen molar-refractivity contribution in [2.24, 2.45) is 5.92 Å². The van der Waals surface area contributed by atoms with Gasteiger partial charge < -0.3 is 15.2 Å². The topological polar surface area (TPSA) is 58.6 Å². The van der Waals surface area contributed by atoms with Crippen LogP contribution in [0.3, 0.4) is 0 Å². The molecule has 5 heteroatoms. The van der Waals surface area contributed by atoms with Gasteiger partial charge in [-0.05, 0) is 31.5 Å². The van der Waals surface area contributed by atoms with Crippen molar-refractivity contribution in [2.75, 3.05) is 18.5 Å². The summed E-state index contributed by atoms with van der Waals surface area (Å²) in [5.41, 5.74) is 1.10. The molecule has 0 saturated carbocycles. The van der Waals surface area contributed by atoms with Crippen LogP contribution in [0.25, 0.3) is 0 Å². The molecule has 1 heterocycles. The van der Waals surface area contributed by atoms with E-state index in [9.17, 15) is 4.79 Å². The van der Waals surface area contributed by atoms with E-state index in [4.69, 9.17) is 9.84 Å². The van der Waals surface area contributed by atoms with Crippen molar-refractivity contribution in [1.82, 2.24) is 0 Å². The molecule has 0 bridgehead atoms. The molecule has 1 aromatic carbocycles. The van der Waals surface area contributed by atoms with E-state index in [1.165, 1.54) is 0 Å². The third kappa shape index (κ3) is 3.23. The lowest BCUT2D eigenvalue weighted by molar-refractivity contribution is 0.0697. The monoisotopic (exact) mass is 313 g/mol. The summed E-state index contributed by atoms with van der Waals surface area (Å²) in [7, 11) is 0. The molecule has 1 saturated heterocycles. The molecule has 1 aliphatic heterocycles. The van der Waals surface area contributed by atoms with Gasteiger partial charge in [0.05, 0.1) is 11.7 Å². The van der Waals surface area contributed by atoms with E-state index in [0.29, 0.717) is 5.92 Å². The molecule has 1 aliphatic rings. The molecule has 0 amide bonds. The van der Waals surface area contributed by atoms with Gasteiger partial charge in [0, 0.05) is 29.2 Å². The molecule has 0 aliphatic carbocycles. The number of aromatic carboxylic acids is 1. The predicted molar refractivity (Wildman–Crippen MR) is 73.1 cm³/mol. The summed E-state index contributed by atoms with van der Waals surface area (Å²) in [6, 6.07) is 5.12. The normalized spacial score (nSPS) is 23.0. The highest BCUT2D eigenvalue weighted by Gasteiger charge is 2.23. The Hall–Kier alpha value is -1.07. The van der Waals surface area contributed by atoms with Crippen LogP contribution in [-0.2, 0) is 4.74 Å². The first kappa shape index (κ1) is 13.4. The van der Waals surface area contributed by atoms with Crippen molar-refractivity contribution in [3.05, 3.63) is 28.2 Å². The zero-order valence-electron chi connectivity index (χ0n) is 10.1. The van der Waals surface area contributed by atoms with Crippen LogP contribution >= 0.6 is 15.9 Å². The van der Waals surface area contributed by atoms with Crippen molar-refractivity contribution in [3.8, 4) is 0 Å². The number of carbonyl (C=O) groups is 1. The highest BCUT2D eigenvalue weighted by atomic mass is 79.9. The van der Waals surface area contributed by atoms with Crippen LogP contribution in [0.4, 0.5) is 5.69 Å². The molecule has 98 valence electrons. The average molecular weight is 314 g/mol. The average Bonchev–Trinajstić information content (AvgIpc) is 2.71. The van der Waals surface area contributed by atoms with E-state index < -0.39 is 5.97 Å². The summed E-state index contributed by atoms with van der Waals surface area (Å²) in [5.74, 6) is -0.436. The van der Waals surface area contributed by atoms with Gasteiger partial charge in [-0.25, -0.2) is 4.79 Å². The van der Waals surface area contributed by atoms with E-state index in [1.54, 1.807) is 12.1 Å². The van der Waals surface area contributed by atoms with Crippen LogP contribution in [0.5, 0.6) is 0 Å². The quantitative estimate of drug-likeness (QED) is 0.897. The van der Waals surface area contributed by atoms with Crippen LogP contribution in [-0.4, -0.2) is 30.3 Å². The molecule has 4 nitrogen and oxygen atoms in total. The summed E-state index contributed by atoms with van der Waals surface area (Å²) < 4.78 is 6.26. The minimum atomic E-state index is -0.920. The molecule has 2 unspecified atom stereocenters. The van der Waals surface area contributed by atoms with Crippen molar-refractivity contribution in [2.45, 2.75) is 19.4 Å². The summed E-state index contributed by atoms with van der Waals surface area (Å²) in [6.07, 6.45) is 1.32. The van der Waals surface area contributed by atoms with Gasteiger partial charge in [-0.15, -0.1) is 0 Å². The van der Waals surface area contributed by atoms with E-state index in [2.05, 4.69) is 28.2 Å². The molecule has 18 heavy (non-hydrogen) atoms. The van der Waals surface area contributed by atoms with E-state index >= 15 is 0 Å². The first-order valence-electron chi connectivity index (χ1n) is 5.95. The smallest absolute Gasteiger partial charge is 0.335 e. The summed E-state index contributed by atoms with van der Waals surface area (Å²) in [4.78, 5) is 10.9. The van der Waals surface area contributed by atoms with Crippen molar-refractivity contribution in [3.63, 3.8) is 0 Å². The van der Waals surface area contributed by atoms with Crippen LogP contribution in [0.15, 0.2) is 22.7 Å². The van der Waals surface area contributed by atoms with E-state index in [-0.39, 0.29) is 11.7 Å². The van der Waals surface area contributed by atoms with Gasteiger partial charge in [0.25, 0.3) is 0 Å². The first-order chi connectivity index (χ1) is 8.56. The number of anilines is 1. The molecule has 2 N–H and O–H groups in total. The van der Waals surface area contributed by atoms with Gasteiger partial charge in [0.2, 0.25) is 0 Å². The van der Waals surface area contributed by atoms with E-state index in [1.807, 2.05) is 6.07 Å². The summed E-state index contributed by atoms with van der Waals surface area (Å²) >= 11 is 3.32. The number of nitrogens with one attached hydrogen (secondary N) is 1. The highest BCUT2D eigenvalue weighted by molar-refractivity contribution is 9.10. The Bertz CT molecular complexity index is 450. The lowest BCUT2D eigenvalue weighted by atomic mass is 10.0. The second-order valence-corrected chi connectivity index (χ2v) is 5.45. The number of carboxylic acids is 1. The minimum absolute atomic E-state index is 0.267. The molecule has 1 aromatic rings. The third-order valence-electron chi connectivity index (χ3n) is 3.25. The molecule has 0 radical (unpaired) electrons. The van der Waals surface area contributed by atoms with Crippen LogP contribution in [0.2, 0.25) is 0 Å². The fourth-order valence-corrected chi connectivity index (χ4v) is 2.60. The Kier molecular flexibility index (Phi) is 4.24. The molecule has 0 spiro atoms. The molecular weight excluding hydrogens is 298 g/mol. The van der Waals surface area contributed by atoms with Crippen molar-refractivity contribution < 1.29 is 14.6 Å². The van der Waals surface area contributed by atoms with Gasteiger partial charge in [-0.1, -0.05) is 15.9 Å². The second kappa shape index (κ2) is 5.71. The standard InChI is InChI=1S/C13H16BrNO3/c1-8-9(2-3-18-8)7-15-12-5-10(13(16)17)4-11(14)6-12/h4-6,8-9,15H,2-3,7H2,1H3,(H,16,17). The lowest BCUT2D eigenvalue weighted by Gasteiger charge is -2.16. The van der Waals surface area contributed by atoms with Gasteiger partial charge >= 0.3 is 5.97 Å². The first-order valence-corrected chi connectivity index (χ1v) is 6.75. The number of hydrogen-bond donors (Lipinski definition) is 2. The van der Waals surface area contributed by atoms with E-state index in [0.717, 1.165) is 29.7 Å². The highest BCUT2D eigenvalue weighted by Crippen LogP contribution is 2.23. The summed E-state index contributed by atoms with van der Waals surface area (Å²) in [5, 5.41) is 12.3. The zero-order chi connectivity index (χ0) is 13.1. The fourth-order valence-electron chi connectivity index (χ4n) is 2.11. The Balaban J connectivity index is 2.02. The molecule has 2 rings (SSSR count). The Morgan fingerprint density at radius 2 is 2.33 bits per heavy atom. The SMILES string of the molecule is CC1OCCC1CNc1cc(Br)cc(C(=O)O)c1. The summed E-state index contributed by atoms with van der Waals surface area (Å²) in [6.45, 7) is 3.69. The predicted octanol–water partition coefficient (Wildman–Crippen LogP) is 2.98. The maximum absolute atomic E-state index is 10.9. The van der Waals surface area contributed by atoms with Gasteiger partial charge in [-0.2, -0.15) is 0 Å². The number of carboxylic acid groups (broad SMARTS) is 1. The second-order valence-electron chi connectivity index (χ2n) is 4.54. The lowest BCUT2D eigenvalue weighted by Crippen LogP contribution is -2.20. The van der Waals surface area contributed by atoms with Crippen LogP contribution < -0.4 is 5.32 Å². The maximum atomic E-state index is 10.9. The Morgan fingerprint density at radius 3 is 2.94 bits per heavy atom. The maximum Gasteiger partial charge on any atom is 0.335 e. The number of halogens is 1. The fraction of sp³-hybridized carbons (Fsp3) is 0.462. The molecule has 2 atom stereocenters. The van der Waals surface area contributed by atoms with Crippen LogP contribution in [0, 0.1) is 5.92 Å². The van der Waals surface area contributed by atoms with Gasteiger partial charge in [0.15, 0.2) is 0 Å². The zero-order valence-corrected chi connectivity index (χ0v) is 11.7. The molecular formula is C13H16BrNO3. The Labute approximate surface area is 114 Å². The number of hydrogen-bond acceptors (Lipinski definition) is 3. The molecule has 1 fully saturated rings. The van der Waals surface area contributed by atoms with Crippen molar-refractivity contribution >= 4 is 27.6 Å². The van der Waals surface area contributed by atoms with Gasteiger partial charge in [0.1, 0.15) is 0 Å². The van der Waals surface area contributed by atoms with Crippen LogP contribution in [0.1, 0.15) is 23.7 Å². The number of ether oxygens (including phenoxy) is 1.